The highest BCUT2D eigenvalue weighted by atomic mass is 19.4. The number of benzene rings is 1. The zero-order chi connectivity index (χ0) is 15.3. The van der Waals surface area contributed by atoms with Gasteiger partial charge in [0.2, 0.25) is 0 Å². The van der Waals surface area contributed by atoms with Crippen LogP contribution in [0.15, 0.2) is 48.8 Å². The zero-order valence-electron chi connectivity index (χ0n) is 11.2. The molecule has 0 N–H and O–H groups in total. The first kappa shape index (κ1) is 15.2. The second-order valence-corrected chi connectivity index (χ2v) is 4.77. The van der Waals surface area contributed by atoms with Gasteiger partial charge < -0.3 is 0 Å². The van der Waals surface area contributed by atoms with Gasteiger partial charge in [0.05, 0.1) is 5.56 Å². The van der Waals surface area contributed by atoms with Crippen LogP contribution in [0.5, 0.6) is 0 Å². The highest BCUT2D eigenvalue weighted by Gasteiger charge is 2.29. The minimum Gasteiger partial charge on any atom is -0.299 e. The van der Waals surface area contributed by atoms with E-state index >= 15 is 0 Å². The Labute approximate surface area is 120 Å². The predicted molar refractivity (Wildman–Crippen MR) is 72.7 cm³/mol. The highest BCUT2D eigenvalue weighted by Crippen LogP contribution is 2.29. The smallest absolute Gasteiger partial charge is 0.299 e. The van der Waals surface area contributed by atoms with Gasteiger partial charge in [-0.15, -0.1) is 0 Å². The maximum atomic E-state index is 12.4. The van der Waals surface area contributed by atoms with Crippen molar-refractivity contribution >= 4 is 5.78 Å². The van der Waals surface area contributed by atoms with Crippen molar-refractivity contribution in [2.24, 2.45) is 0 Å². The highest BCUT2D eigenvalue weighted by molar-refractivity contribution is 5.81. The van der Waals surface area contributed by atoms with Crippen LogP contribution in [0.1, 0.15) is 23.1 Å². The summed E-state index contributed by atoms with van der Waals surface area (Å²) in [6.45, 7) is 0. The van der Waals surface area contributed by atoms with E-state index in [0.29, 0.717) is 18.4 Å². The van der Waals surface area contributed by atoms with Crippen LogP contribution in [0.25, 0.3) is 0 Å². The molecule has 0 spiro atoms. The number of carbonyl (C=O) groups is 1. The van der Waals surface area contributed by atoms with Gasteiger partial charge in [0.1, 0.15) is 5.78 Å². The lowest BCUT2D eigenvalue weighted by Gasteiger charge is -2.07. The molecule has 0 aliphatic heterocycles. The standard InChI is InChI=1S/C16H14F3NO/c17-16(18,19)14-6-3-12(4-7-14)10-15(21)8-5-13-2-1-9-20-11-13/h1-4,6-7,9,11H,5,8,10H2. The molecule has 0 fully saturated rings. The summed E-state index contributed by atoms with van der Waals surface area (Å²) in [7, 11) is 0. The van der Waals surface area contributed by atoms with Crippen LogP contribution in [0.3, 0.4) is 0 Å². The number of halogens is 3. The lowest BCUT2D eigenvalue weighted by molar-refractivity contribution is -0.137. The number of Topliss-reactive ketones (excluding diaryl/α,β-unsaturated/α-hetero) is 1. The van der Waals surface area contributed by atoms with E-state index in [-0.39, 0.29) is 12.2 Å². The number of alkyl halides is 3. The Morgan fingerprint density at radius 1 is 1.05 bits per heavy atom. The number of nitrogens with zero attached hydrogens (tertiary/aromatic N) is 1. The lowest BCUT2D eigenvalue weighted by Crippen LogP contribution is -2.07. The third-order valence-corrected chi connectivity index (χ3v) is 3.10. The molecule has 0 bridgehead atoms. The monoisotopic (exact) mass is 293 g/mol. The molecule has 0 aliphatic carbocycles. The molecule has 0 unspecified atom stereocenters. The molecule has 1 aromatic carbocycles. The van der Waals surface area contributed by atoms with Crippen molar-refractivity contribution in [3.8, 4) is 0 Å². The topological polar surface area (TPSA) is 30.0 Å². The van der Waals surface area contributed by atoms with Crippen LogP contribution in [-0.4, -0.2) is 10.8 Å². The third-order valence-electron chi connectivity index (χ3n) is 3.10. The molecule has 2 aromatic rings. The van der Waals surface area contributed by atoms with Crippen molar-refractivity contribution in [1.82, 2.24) is 4.98 Å². The number of rotatable bonds is 5. The maximum Gasteiger partial charge on any atom is 0.416 e. The van der Waals surface area contributed by atoms with Gasteiger partial charge >= 0.3 is 6.18 Å². The summed E-state index contributed by atoms with van der Waals surface area (Å²) < 4.78 is 37.3. The van der Waals surface area contributed by atoms with Gasteiger partial charge in [0, 0.05) is 25.2 Å². The van der Waals surface area contributed by atoms with Crippen LogP contribution in [0, 0.1) is 0 Å². The van der Waals surface area contributed by atoms with Gasteiger partial charge in [-0.3, -0.25) is 9.78 Å². The van der Waals surface area contributed by atoms with Gasteiger partial charge in [0.25, 0.3) is 0 Å². The van der Waals surface area contributed by atoms with Crippen molar-refractivity contribution in [3.05, 3.63) is 65.5 Å². The van der Waals surface area contributed by atoms with E-state index in [0.717, 1.165) is 17.7 Å². The van der Waals surface area contributed by atoms with Gasteiger partial charge in [0.15, 0.2) is 0 Å². The Morgan fingerprint density at radius 2 is 1.76 bits per heavy atom. The Kier molecular flexibility index (Phi) is 4.73. The summed E-state index contributed by atoms with van der Waals surface area (Å²) in [6, 6.07) is 8.40. The van der Waals surface area contributed by atoms with E-state index in [2.05, 4.69) is 4.98 Å². The van der Waals surface area contributed by atoms with E-state index < -0.39 is 11.7 Å². The second kappa shape index (κ2) is 6.52. The number of aryl methyl sites for hydroxylation is 1. The molecular weight excluding hydrogens is 279 g/mol. The van der Waals surface area contributed by atoms with Crippen LogP contribution < -0.4 is 0 Å². The zero-order valence-corrected chi connectivity index (χ0v) is 11.2. The van der Waals surface area contributed by atoms with E-state index in [9.17, 15) is 18.0 Å². The number of pyridine rings is 1. The van der Waals surface area contributed by atoms with Gasteiger partial charge in [-0.25, -0.2) is 0 Å². The summed E-state index contributed by atoms with van der Waals surface area (Å²) in [6.07, 6.45) is 0.111. The summed E-state index contributed by atoms with van der Waals surface area (Å²) in [5, 5.41) is 0. The van der Waals surface area contributed by atoms with Gasteiger partial charge in [-0.2, -0.15) is 13.2 Å². The number of hydrogen-bond acceptors (Lipinski definition) is 2. The number of carbonyl (C=O) groups excluding carboxylic acids is 1. The molecule has 5 heteroatoms. The molecule has 1 heterocycles. The van der Waals surface area contributed by atoms with Crippen molar-refractivity contribution in [1.29, 1.82) is 0 Å². The molecular formula is C16H14F3NO. The van der Waals surface area contributed by atoms with Crippen molar-refractivity contribution in [2.45, 2.75) is 25.4 Å². The maximum absolute atomic E-state index is 12.4. The molecule has 2 nitrogen and oxygen atoms in total. The van der Waals surface area contributed by atoms with Crippen LogP contribution in [-0.2, 0) is 23.8 Å². The molecule has 0 radical (unpaired) electrons. The van der Waals surface area contributed by atoms with Gasteiger partial charge in [-0.05, 0) is 35.7 Å². The van der Waals surface area contributed by atoms with E-state index in [1.165, 1.54) is 12.1 Å². The first-order valence-electron chi connectivity index (χ1n) is 6.52. The fourth-order valence-corrected chi connectivity index (χ4v) is 1.96. The fourth-order valence-electron chi connectivity index (χ4n) is 1.96. The lowest BCUT2D eigenvalue weighted by atomic mass is 10.0. The molecule has 1 aromatic heterocycles. The molecule has 0 saturated heterocycles. The minimum atomic E-state index is -4.34. The fraction of sp³-hybridized carbons (Fsp3) is 0.250. The van der Waals surface area contributed by atoms with Crippen LogP contribution >= 0.6 is 0 Å². The largest absolute Gasteiger partial charge is 0.416 e. The number of hydrogen-bond donors (Lipinski definition) is 0. The van der Waals surface area contributed by atoms with Crippen LogP contribution in [0.2, 0.25) is 0 Å². The summed E-state index contributed by atoms with van der Waals surface area (Å²) >= 11 is 0. The van der Waals surface area contributed by atoms with Crippen LogP contribution in [0.4, 0.5) is 13.2 Å². The summed E-state index contributed by atoms with van der Waals surface area (Å²) in [5.74, 6) is -0.00129. The SMILES string of the molecule is O=C(CCc1cccnc1)Cc1ccc(C(F)(F)F)cc1. The number of ketones is 1. The van der Waals surface area contributed by atoms with Crippen molar-refractivity contribution < 1.29 is 18.0 Å². The molecule has 2 rings (SSSR count). The quantitative estimate of drug-likeness (QED) is 0.838. The molecule has 110 valence electrons. The van der Waals surface area contributed by atoms with Crippen molar-refractivity contribution in [3.63, 3.8) is 0 Å². The molecule has 21 heavy (non-hydrogen) atoms. The first-order chi connectivity index (χ1) is 9.95. The molecule has 0 atom stereocenters. The average Bonchev–Trinajstić information content (AvgIpc) is 2.46. The Morgan fingerprint density at radius 3 is 2.33 bits per heavy atom. The average molecular weight is 293 g/mol. The summed E-state index contributed by atoms with van der Waals surface area (Å²) in [4.78, 5) is 15.8. The minimum absolute atomic E-state index is 0.00129. The molecule has 0 saturated carbocycles. The second-order valence-electron chi connectivity index (χ2n) is 4.77. The van der Waals surface area contributed by atoms with E-state index in [1.807, 2.05) is 6.07 Å². The predicted octanol–water partition coefficient (Wildman–Crippen LogP) is 3.84. The number of aromatic nitrogens is 1. The normalized spacial score (nSPS) is 11.4. The molecule has 0 amide bonds. The first-order valence-corrected chi connectivity index (χ1v) is 6.52. The Hall–Kier alpha value is -2.17. The third kappa shape index (κ3) is 4.70. The Bertz CT molecular complexity index is 591. The Balaban J connectivity index is 1.88. The summed E-state index contributed by atoms with van der Waals surface area (Å²) in [5.41, 5.74) is 0.867. The van der Waals surface area contributed by atoms with Gasteiger partial charge in [-0.1, -0.05) is 18.2 Å². The van der Waals surface area contributed by atoms with E-state index in [1.54, 1.807) is 18.5 Å². The van der Waals surface area contributed by atoms with E-state index in [4.69, 9.17) is 0 Å². The van der Waals surface area contributed by atoms with Crippen molar-refractivity contribution in [2.75, 3.05) is 0 Å². The molecule has 0 aliphatic rings.